The van der Waals surface area contributed by atoms with Gasteiger partial charge in [0.25, 0.3) is 0 Å². The number of amides is 1. The van der Waals surface area contributed by atoms with Gasteiger partial charge in [0.15, 0.2) is 0 Å². The van der Waals surface area contributed by atoms with E-state index >= 15 is 0 Å². The van der Waals surface area contributed by atoms with E-state index in [2.05, 4.69) is 6.58 Å². The minimum absolute atomic E-state index is 0.107. The minimum atomic E-state index is -0.477. The Morgan fingerprint density at radius 1 is 1.53 bits per heavy atom. The number of ether oxygens (including phenoxy) is 1. The van der Waals surface area contributed by atoms with E-state index in [0.717, 1.165) is 5.57 Å². The van der Waals surface area contributed by atoms with Crippen LogP contribution in [0.3, 0.4) is 0 Å². The highest BCUT2D eigenvalue weighted by molar-refractivity contribution is 5.68. The maximum absolute atomic E-state index is 11.6. The molecule has 2 N–H and O–H groups in total. The molecule has 4 nitrogen and oxygen atoms in total. The van der Waals surface area contributed by atoms with Gasteiger partial charge in [-0.2, -0.15) is 0 Å². The monoisotopic (exact) mass is 214 g/mol. The van der Waals surface area contributed by atoms with Gasteiger partial charge in [0.1, 0.15) is 5.60 Å². The predicted molar refractivity (Wildman–Crippen MR) is 61.7 cm³/mol. The van der Waals surface area contributed by atoms with Gasteiger partial charge in [0, 0.05) is 13.6 Å². The largest absolute Gasteiger partial charge is 0.444 e. The molecular weight excluding hydrogens is 192 g/mol. The van der Waals surface area contributed by atoms with Crippen molar-refractivity contribution < 1.29 is 9.53 Å². The Morgan fingerprint density at radius 2 is 2.00 bits per heavy atom. The van der Waals surface area contributed by atoms with Gasteiger partial charge in [-0.1, -0.05) is 6.58 Å². The van der Waals surface area contributed by atoms with Crippen LogP contribution < -0.4 is 5.73 Å². The lowest BCUT2D eigenvalue weighted by Gasteiger charge is -2.29. The molecule has 1 unspecified atom stereocenters. The van der Waals surface area contributed by atoms with Gasteiger partial charge in [-0.3, -0.25) is 0 Å². The van der Waals surface area contributed by atoms with Crippen LogP contribution in [0.5, 0.6) is 0 Å². The van der Waals surface area contributed by atoms with Crippen LogP contribution >= 0.6 is 0 Å². The van der Waals surface area contributed by atoms with E-state index < -0.39 is 5.60 Å². The summed E-state index contributed by atoms with van der Waals surface area (Å²) in [6, 6.07) is -0.107. The molecule has 0 aromatic heterocycles. The standard InChI is InChI=1S/C11H22N2O2/c1-8(7-12)9(2)13(6)10(14)15-11(3,4)5/h9H,1,7,12H2,2-6H3. The molecule has 0 rings (SSSR count). The van der Waals surface area contributed by atoms with Crippen LogP contribution in [0.2, 0.25) is 0 Å². The summed E-state index contributed by atoms with van der Waals surface area (Å²) in [4.78, 5) is 13.1. The molecule has 0 aromatic rings. The van der Waals surface area contributed by atoms with E-state index in [9.17, 15) is 4.79 Å². The average Bonchev–Trinajstić information content (AvgIpc) is 2.11. The fourth-order valence-electron chi connectivity index (χ4n) is 0.936. The first-order valence-corrected chi connectivity index (χ1v) is 5.02. The van der Waals surface area contributed by atoms with E-state index in [-0.39, 0.29) is 12.1 Å². The number of carbonyl (C=O) groups is 1. The second kappa shape index (κ2) is 5.16. The SMILES string of the molecule is C=C(CN)C(C)N(C)C(=O)OC(C)(C)C. The number of hydrogen-bond acceptors (Lipinski definition) is 3. The fourth-order valence-corrected chi connectivity index (χ4v) is 0.936. The first-order chi connectivity index (χ1) is 6.69. The predicted octanol–water partition coefficient (Wildman–Crippen LogP) is 1.76. The Morgan fingerprint density at radius 3 is 2.33 bits per heavy atom. The van der Waals surface area contributed by atoms with Crippen molar-refractivity contribution in [1.82, 2.24) is 4.90 Å². The van der Waals surface area contributed by atoms with Crippen LogP contribution in [-0.2, 0) is 4.74 Å². The third kappa shape index (κ3) is 4.83. The first kappa shape index (κ1) is 14.0. The summed E-state index contributed by atoms with van der Waals surface area (Å²) in [5.74, 6) is 0. The maximum atomic E-state index is 11.6. The lowest BCUT2D eigenvalue weighted by atomic mass is 10.1. The zero-order valence-electron chi connectivity index (χ0n) is 10.3. The Kier molecular flexibility index (Phi) is 4.81. The van der Waals surface area contributed by atoms with Crippen molar-refractivity contribution in [2.75, 3.05) is 13.6 Å². The minimum Gasteiger partial charge on any atom is -0.444 e. The molecule has 0 radical (unpaired) electrons. The molecule has 0 saturated carbocycles. The summed E-state index contributed by atoms with van der Waals surface area (Å²) < 4.78 is 5.22. The highest BCUT2D eigenvalue weighted by Gasteiger charge is 2.23. The molecule has 1 atom stereocenters. The number of nitrogens with two attached hydrogens (primary N) is 1. The van der Waals surface area contributed by atoms with Crippen molar-refractivity contribution in [3.8, 4) is 0 Å². The van der Waals surface area contributed by atoms with Crippen molar-refractivity contribution in [3.63, 3.8) is 0 Å². The summed E-state index contributed by atoms with van der Waals surface area (Å²) in [5, 5.41) is 0. The van der Waals surface area contributed by atoms with E-state index in [1.807, 2.05) is 27.7 Å². The maximum Gasteiger partial charge on any atom is 0.410 e. The molecule has 1 amide bonds. The molecule has 0 aliphatic rings. The van der Waals surface area contributed by atoms with Crippen LogP contribution in [0.15, 0.2) is 12.2 Å². The van der Waals surface area contributed by atoms with Crippen molar-refractivity contribution in [3.05, 3.63) is 12.2 Å². The molecule has 0 fully saturated rings. The van der Waals surface area contributed by atoms with E-state index in [0.29, 0.717) is 6.54 Å². The lowest BCUT2D eigenvalue weighted by Crippen LogP contribution is -2.41. The summed E-state index contributed by atoms with van der Waals surface area (Å²) in [6.45, 7) is 11.5. The Labute approximate surface area is 92.1 Å². The number of rotatable bonds is 3. The third-order valence-corrected chi connectivity index (χ3v) is 2.12. The number of nitrogens with zero attached hydrogens (tertiary/aromatic N) is 1. The molecule has 0 heterocycles. The average molecular weight is 214 g/mol. The first-order valence-electron chi connectivity index (χ1n) is 5.02. The smallest absolute Gasteiger partial charge is 0.410 e. The topological polar surface area (TPSA) is 55.6 Å². The van der Waals surface area contributed by atoms with Crippen molar-refractivity contribution in [2.45, 2.75) is 39.3 Å². The van der Waals surface area contributed by atoms with Gasteiger partial charge >= 0.3 is 6.09 Å². The zero-order chi connectivity index (χ0) is 12.2. The molecule has 0 bridgehead atoms. The highest BCUT2D eigenvalue weighted by atomic mass is 16.6. The summed E-state index contributed by atoms with van der Waals surface area (Å²) >= 11 is 0. The Hall–Kier alpha value is -1.03. The molecule has 0 aliphatic carbocycles. The molecule has 0 aromatic carbocycles. The van der Waals surface area contributed by atoms with Crippen LogP contribution in [0.4, 0.5) is 4.79 Å². The second-order valence-electron chi connectivity index (χ2n) is 4.63. The Bertz CT molecular complexity index is 243. The van der Waals surface area contributed by atoms with Crippen LogP contribution in [0.1, 0.15) is 27.7 Å². The number of carbonyl (C=O) groups excluding carboxylic acids is 1. The molecule has 15 heavy (non-hydrogen) atoms. The van der Waals surface area contributed by atoms with Crippen molar-refractivity contribution in [1.29, 1.82) is 0 Å². The van der Waals surface area contributed by atoms with Crippen LogP contribution in [-0.4, -0.2) is 36.2 Å². The van der Waals surface area contributed by atoms with Crippen molar-refractivity contribution in [2.24, 2.45) is 5.73 Å². The van der Waals surface area contributed by atoms with Gasteiger partial charge in [0.05, 0.1) is 6.04 Å². The second-order valence-corrected chi connectivity index (χ2v) is 4.63. The molecule has 88 valence electrons. The highest BCUT2D eigenvalue weighted by Crippen LogP contribution is 2.12. The van der Waals surface area contributed by atoms with Gasteiger partial charge in [-0.05, 0) is 33.3 Å². The lowest BCUT2D eigenvalue weighted by molar-refractivity contribution is 0.0259. The molecule has 4 heteroatoms. The fraction of sp³-hybridized carbons (Fsp3) is 0.727. The van der Waals surface area contributed by atoms with Crippen LogP contribution in [0, 0.1) is 0 Å². The summed E-state index contributed by atoms with van der Waals surface area (Å²) in [5.41, 5.74) is 5.79. The van der Waals surface area contributed by atoms with Gasteiger partial charge < -0.3 is 15.4 Å². The van der Waals surface area contributed by atoms with Crippen LogP contribution in [0.25, 0.3) is 0 Å². The normalized spacial score (nSPS) is 13.2. The quantitative estimate of drug-likeness (QED) is 0.728. The molecule has 0 spiro atoms. The zero-order valence-corrected chi connectivity index (χ0v) is 10.3. The summed E-state index contributed by atoms with van der Waals surface area (Å²) in [7, 11) is 1.68. The molecule has 0 aliphatic heterocycles. The number of likely N-dealkylation sites (N-methyl/N-ethyl adjacent to an activating group) is 1. The number of hydrogen-bond donors (Lipinski definition) is 1. The van der Waals surface area contributed by atoms with Gasteiger partial charge in [0.2, 0.25) is 0 Å². The van der Waals surface area contributed by atoms with Crippen molar-refractivity contribution >= 4 is 6.09 Å². The summed E-state index contributed by atoms with van der Waals surface area (Å²) in [6.07, 6.45) is -0.357. The molecule has 0 saturated heterocycles. The van der Waals surface area contributed by atoms with Gasteiger partial charge in [-0.15, -0.1) is 0 Å². The van der Waals surface area contributed by atoms with E-state index in [1.165, 1.54) is 4.90 Å². The van der Waals surface area contributed by atoms with E-state index in [1.54, 1.807) is 7.05 Å². The van der Waals surface area contributed by atoms with Gasteiger partial charge in [-0.25, -0.2) is 4.79 Å². The Balaban J connectivity index is 4.39. The van der Waals surface area contributed by atoms with E-state index in [4.69, 9.17) is 10.5 Å². The molecular formula is C11H22N2O2. The third-order valence-electron chi connectivity index (χ3n) is 2.12.